The molecule has 0 saturated carbocycles. The lowest BCUT2D eigenvalue weighted by Gasteiger charge is -2.50. The standard InChI is InChI=1S/C29H36N2O2/c1-20(23-16-10-14-21-13-8-9-15-24(21)23)31(28(32)33)27(29(2,3)4)25-17-18-30-19-26(25)22-11-6-5-7-12-22/h5-16,20,25-27,30H,17-19H2,1-4H3,(H,32,33)/t20-,25?,26?,27?/m1/s1. The summed E-state index contributed by atoms with van der Waals surface area (Å²) in [6, 6.07) is 24.7. The smallest absolute Gasteiger partial charge is 0.408 e. The summed E-state index contributed by atoms with van der Waals surface area (Å²) in [4.78, 5) is 14.7. The molecule has 1 amide bonds. The topological polar surface area (TPSA) is 52.6 Å². The second-order valence-electron chi connectivity index (χ2n) is 10.4. The molecule has 4 nitrogen and oxygen atoms in total. The second kappa shape index (κ2) is 9.56. The van der Waals surface area contributed by atoms with Crippen LogP contribution in [0.5, 0.6) is 0 Å². The van der Waals surface area contributed by atoms with Crippen molar-refractivity contribution in [2.75, 3.05) is 13.1 Å². The fourth-order valence-corrected chi connectivity index (χ4v) is 5.88. The van der Waals surface area contributed by atoms with Crippen molar-refractivity contribution in [1.82, 2.24) is 10.2 Å². The first-order valence-electron chi connectivity index (χ1n) is 12.0. The van der Waals surface area contributed by atoms with Gasteiger partial charge in [0.05, 0.1) is 6.04 Å². The van der Waals surface area contributed by atoms with Crippen LogP contribution in [0.1, 0.15) is 57.2 Å². The summed E-state index contributed by atoms with van der Waals surface area (Å²) in [5, 5.41) is 16.4. The van der Waals surface area contributed by atoms with Crippen molar-refractivity contribution < 1.29 is 9.90 Å². The van der Waals surface area contributed by atoms with Crippen molar-refractivity contribution >= 4 is 16.9 Å². The zero-order valence-corrected chi connectivity index (χ0v) is 20.2. The van der Waals surface area contributed by atoms with Gasteiger partial charge in [0, 0.05) is 18.5 Å². The van der Waals surface area contributed by atoms with Gasteiger partial charge in [-0.25, -0.2) is 4.79 Å². The molecular formula is C29H36N2O2. The van der Waals surface area contributed by atoms with Crippen LogP contribution in [0.2, 0.25) is 0 Å². The van der Waals surface area contributed by atoms with Crippen molar-refractivity contribution in [2.24, 2.45) is 11.3 Å². The van der Waals surface area contributed by atoms with E-state index in [4.69, 9.17) is 0 Å². The quantitative estimate of drug-likeness (QED) is 0.461. The Kier molecular flexibility index (Phi) is 6.76. The van der Waals surface area contributed by atoms with Gasteiger partial charge >= 0.3 is 6.09 Å². The fraction of sp³-hybridized carbons (Fsp3) is 0.414. The molecule has 4 atom stereocenters. The van der Waals surface area contributed by atoms with E-state index in [-0.39, 0.29) is 29.3 Å². The zero-order valence-electron chi connectivity index (χ0n) is 20.2. The van der Waals surface area contributed by atoms with Crippen molar-refractivity contribution in [2.45, 2.75) is 52.1 Å². The predicted molar refractivity (Wildman–Crippen MR) is 136 cm³/mol. The van der Waals surface area contributed by atoms with E-state index in [0.717, 1.165) is 35.8 Å². The Balaban J connectivity index is 1.80. The Morgan fingerprint density at radius 2 is 1.67 bits per heavy atom. The Hall–Kier alpha value is -2.85. The minimum absolute atomic E-state index is 0.128. The van der Waals surface area contributed by atoms with E-state index >= 15 is 0 Å². The van der Waals surface area contributed by atoms with Gasteiger partial charge in [-0.3, -0.25) is 4.90 Å². The van der Waals surface area contributed by atoms with Gasteiger partial charge in [0.25, 0.3) is 0 Å². The number of hydrogen-bond acceptors (Lipinski definition) is 2. The molecule has 0 aromatic heterocycles. The third kappa shape index (κ3) is 4.77. The van der Waals surface area contributed by atoms with Crippen LogP contribution in [-0.4, -0.2) is 35.2 Å². The maximum atomic E-state index is 12.9. The minimum atomic E-state index is -0.847. The maximum absolute atomic E-state index is 12.9. The molecule has 3 aromatic carbocycles. The lowest BCUT2D eigenvalue weighted by molar-refractivity contribution is 0.0124. The highest BCUT2D eigenvalue weighted by Crippen LogP contribution is 2.44. The number of nitrogens with zero attached hydrogens (tertiary/aromatic N) is 1. The molecular weight excluding hydrogens is 408 g/mol. The molecule has 33 heavy (non-hydrogen) atoms. The molecule has 0 aliphatic carbocycles. The van der Waals surface area contributed by atoms with E-state index in [1.165, 1.54) is 5.56 Å². The summed E-state index contributed by atoms with van der Waals surface area (Å²) < 4.78 is 0. The summed E-state index contributed by atoms with van der Waals surface area (Å²) in [7, 11) is 0. The van der Waals surface area contributed by atoms with Crippen LogP contribution in [0.25, 0.3) is 10.8 Å². The molecule has 2 N–H and O–H groups in total. The molecule has 3 unspecified atom stereocenters. The minimum Gasteiger partial charge on any atom is -0.465 e. The number of amides is 1. The number of piperidine rings is 1. The van der Waals surface area contributed by atoms with Gasteiger partial charge in [-0.15, -0.1) is 0 Å². The maximum Gasteiger partial charge on any atom is 0.408 e. The number of rotatable bonds is 5. The lowest BCUT2D eigenvalue weighted by atomic mass is 9.68. The molecule has 4 rings (SSSR count). The molecule has 3 aromatic rings. The van der Waals surface area contributed by atoms with Crippen LogP contribution < -0.4 is 5.32 Å². The van der Waals surface area contributed by atoms with Crippen LogP contribution in [0.3, 0.4) is 0 Å². The van der Waals surface area contributed by atoms with Gasteiger partial charge < -0.3 is 10.4 Å². The molecule has 1 heterocycles. The summed E-state index contributed by atoms with van der Waals surface area (Å²) in [6.07, 6.45) is 0.105. The normalized spacial score (nSPS) is 20.8. The van der Waals surface area contributed by atoms with Crippen LogP contribution in [0.4, 0.5) is 4.79 Å². The fourth-order valence-electron chi connectivity index (χ4n) is 5.88. The Morgan fingerprint density at radius 3 is 2.36 bits per heavy atom. The molecule has 0 spiro atoms. The highest BCUT2D eigenvalue weighted by molar-refractivity contribution is 5.86. The SMILES string of the molecule is C[C@H](c1cccc2ccccc12)N(C(=O)O)C(C1CCNCC1c1ccccc1)C(C)(C)C. The van der Waals surface area contributed by atoms with Crippen LogP contribution in [-0.2, 0) is 0 Å². The number of nitrogens with one attached hydrogen (secondary N) is 1. The molecule has 174 valence electrons. The average molecular weight is 445 g/mol. The summed E-state index contributed by atoms with van der Waals surface area (Å²) in [5.41, 5.74) is 2.13. The summed E-state index contributed by atoms with van der Waals surface area (Å²) >= 11 is 0. The van der Waals surface area contributed by atoms with Crippen molar-refractivity contribution in [3.05, 3.63) is 83.9 Å². The van der Waals surface area contributed by atoms with Gasteiger partial charge in [0.1, 0.15) is 0 Å². The Labute approximate surface area is 197 Å². The Bertz CT molecular complexity index is 1080. The van der Waals surface area contributed by atoms with E-state index < -0.39 is 6.09 Å². The van der Waals surface area contributed by atoms with Crippen LogP contribution >= 0.6 is 0 Å². The third-order valence-electron chi connectivity index (χ3n) is 7.27. The van der Waals surface area contributed by atoms with Crippen LogP contribution in [0, 0.1) is 11.3 Å². The van der Waals surface area contributed by atoms with E-state index in [2.05, 4.69) is 74.6 Å². The van der Waals surface area contributed by atoms with Crippen molar-refractivity contribution in [3.8, 4) is 0 Å². The van der Waals surface area contributed by atoms with Gasteiger partial charge in [-0.05, 0) is 53.1 Å². The molecule has 4 heteroatoms. The van der Waals surface area contributed by atoms with Crippen LogP contribution in [0.15, 0.2) is 72.8 Å². The lowest BCUT2D eigenvalue weighted by Crippen LogP contribution is -2.56. The number of carboxylic acid groups (broad SMARTS) is 1. The van der Waals surface area contributed by atoms with E-state index in [1.54, 1.807) is 4.90 Å². The Morgan fingerprint density at radius 1 is 1.00 bits per heavy atom. The van der Waals surface area contributed by atoms with Gasteiger partial charge in [0.15, 0.2) is 0 Å². The van der Waals surface area contributed by atoms with E-state index in [0.29, 0.717) is 0 Å². The average Bonchev–Trinajstić information content (AvgIpc) is 2.81. The van der Waals surface area contributed by atoms with Crippen molar-refractivity contribution in [3.63, 3.8) is 0 Å². The number of fused-ring (bicyclic) bond motifs is 1. The molecule has 1 aliphatic heterocycles. The molecule has 1 saturated heterocycles. The number of benzene rings is 3. The second-order valence-corrected chi connectivity index (χ2v) is 10.4. The van der Waals surface area contributed by atoms with Gasteiger partial charge in [0.2, 0.25) is 0 Å². The third-order valence-corrected chi connectivity index (χ3v) is 7.27. The molecule has 0 radical (unpaired) electrons. The monoisotopic (exact) mass is 444 g/mol. The number of carbonyl (C=O) groups is 1. The first kappa shape index (κ1) is 23.3. The van der Waals surface area contributed by atoms with Gasteiger partial charge in [-0.2, -0.15) is 0 Å². The summed E-state index contributed by atoms with van der Waals surface area (Å²) in [6.45, 7) is 10.4. The highest BCUT2D eigenvalue weighted by Gasteiger charge is 2.45. The summed E-state index contributed by atoms with van der Waals surface area (Å²) in [5.74, 6) is 0.493. The van der Waals surface area contributed by atoms with Crippen molar-refractivity contribution in [1.29, 1.82) is 0 Å². The first-order valence-corrected chi connectivity index (χ1v) is 12.0. The first-order chi connectivity index (χ1) is 15.8. The van der Waals surface area contributed by atoms with E-state index in [9.17, 15) is 9.90 Å². The highest BCUT2D eigenvalue weighted by atomic mass is 16.4. The van der Waals surface area contributed by atoms with E-state index in [1.807, 2.05) is 31.2 Å². The number of hydrogen-bond donors (Lipinski definition) is 2. The zero-order chi connectivity index (χ0) is 23.6. The predicted octanol–water partition coefficient (Wildman–Crippen LogP) is 6.69. The molecule has 1 fully saturated rings. The molecule has 1 aliphatic rings. The molecule has 0 bridgehead atoms. The van der Waals surface area contributed by atoms with Gasteiger partial charge in [-0.1, -0.05) is 93.6 Å². The largest absolute Gasteiger partial charge is 0.465 e.